The zero-order chi connectivity index (χ0) is 23.5. The van der Waals surface area contributed by atoms with Crippen molar-refractivity contribution < 1.29 is 9.72 Å². The monoisotopic (exact) mass is 443 g/mol. The van der Waals surface area contributed by atoms with E-state index in [0.717, 1.165) is 5.69 Å². The number of anilines is 1. The van der Waals surface area contributed by atoms with Gasteiger partial charge in [-0.2, -0.15) is 5.10 Å². The van der Waals surface area contributed by atoms with Gasteiger partial charge in [0.2, 0.25) is 0 Å². The molecule has 9 nitrogen and oxygen atoms in total. The van der Waals surface area contributed by atoms with Gasteiger partial charge < -0.3 is 9.47 Å². The SMILES string of the molecule is CN(C)c1ccc([N+](=O)[O-])cc1/C=N/NC(=O)Cn1c2ccccc2c(=O)c2ccccc21. The van der Waals surface area contributed by atoms with Crippen LogP contribution in [-0.2, 0) is 11.3 Å². The third-order valence-electron chi connectivity index (χ3n) is 5.28. The molecule has 0 unspecified atom stereocenters. The van der Waals surface area contributed by atoms with Crippen LogP contribution in [0.4, 0.5) is 11.4 Å². The van der Waals surface area contributed by atoms with Gasteiger partial charge in [0, 0.05) is 48.3 Å². The zero-order valence-corrected chi connectivity index (χ0v) is 18.1. The smallest absolute Gasteiger partial charge is 0.270 e. The Bertz CT molecular complexity index is 1410. The number of para-hydroxylation sites is 2. The van der Waals surface area contributed by atoms with E-state index < -0.39 is 10.8 Å². The summed E-state index contributed by atoms with van der Waals surface area (Å²) in [6.45, 7) is -0.0614. The van der Waals surface area contributed by atoms with Crippen LogP contribution in [0.5, 0.6) is 0 Å². The average molecular weight is 443 g/mol. The molecule has 0 spiro atoms. The minimum absolute atomic E-state index is 0.0614. The maximum atomic E-state index is 12.8. The van der Waals surface area contributed by atoms with E-state index in [1.54, 1.807) is 51.9 Å². The van der Waals surface area contributed by atoms with Gasteiger partial charge in [-0.05, 0) is 30.3 Å². The molecular formula is C24H21N5O4. The van der Waals surface area contributed by atoms with Gasteiger partial charge in [0.25, 0.3) is 11.6 Å². The number of fused-ring (bicyclic) bond motifs is 2. The number of hydrazone groups is 1. The molecule has 33 heavy (non-hydrogen) atoms. The van der Waals surface area contributed by atoms with Gasteiger partial charge >= 0.3 is 0 Å². The number of pyridine rings is 1. The first-order valence-corrected chi connectivity index (χ1v) is 10.1. The molecule has 166 valence electrons. The van der Waals surface area contributed by atoms with Gasteiger partial charge in [-0.25, -0.2) is 5.43 Å². The number of nitrogens with zero attached hydrogens (tertiary/aromatic N) is 4. The largest absolute Gasteiger partial charge is 0.377 e. The van der Waals surface area contributed by atoms with E-state index in [9.17, 15) is 19.7 Å². The highest BCUT2D eigenvalue weighted by molar-refractivity contribution is 5.95. The molecule has 0 aliphatic carbocycles. The van der Waals surface area contributed by atoms with E-state index in [0.29, 0.717) is 27.4 Å². The van der Waals surface area contributed by atoms with E-state index in [2.05, 4.69) is 10.5 Å². The van der Waals surface area contributed by atoms with Crippen LogP contribution in [0.1, 0.15) is 5.56 Å². The molecule has 3 aromatic carbocycles. The van der Waals surface area contributed by atoms with Crippen molar-refractivity contribution in [2.75, 3.05) is 19.0 Å². The fraction of sp³-hybridized carbons (Fsp3) is 0.125. The number of hydrogen-bond acceptors (Lipinski definition) is 6. The van der Waals surface area contributed by atoms with Crippen molar-refractivity contribution in [1.29, 1.82) is 0 Å². The predicted molar refractivity (Wildman–Crippen MR) is 129 cm³/mol. The Balaban J connectivity index is 1.64. The van der Waals surface area contributed by atoms with E-state index in [4.69, 9.17) is 0 Å². The number of carbonyl (C=O) groups is 1. The first kappa shape index (κ1) is 21.7. The number of aromatic nitrogens is 1. The molecule has 4 aromatic rings. The molecule has 0 radical (unpaired) electrons. The Labute approximate surface area is 188 Å². The predicted octanol–water partition coefficient (Wildman–Crippen LogP) is 3.28. The lowest BCUT2D eigenvalue weighted by Gasteiger charge is -2.15. The second kappa shape index (κ2) is 8.91. The molecule has 0 saturated heterocycles. The first-order valence-electron chi connectivity index (χ1n) is 10.1. The Morgan fingerprint density at radius 1 is 1.06 bits per heavy atom. The molecule has 1 aromatic heterocycles. The summed E-state index contributed by atoms with van der Waals surface area (Å²) in [5, 5.41) is 16.2. The molecule has 9 heteroatoms. The molecule has 0 bridgehead atoms. The third-order valence-corrected chi connectivity index (χ3v) is 5.28. The maximum absolute atomic E-state index is 12.8. The third kappa shape index (κ3) is 4.29. The Morgan fingerprint density at radius 3 is 2.24 bits per heavy atom. The quantitative estimate of drug-likeness (QED) is 0.213. The summed E-state index contributed by atoms with van der Waals surface area (Å²) < 4.78 is 1.77. The van der Waals surface area contributed by atoms with Gasteiger partial charge in [-0.15, -0.1) is 0 Å². The highest BCUT2D eigenvalue weighted by Gasteiger charge is 2.13. The van der Waals surface area contributed by atoms with Gasteiger partial charge in [-0.1, -0.05) is 24.3 Å². The number of nitro groups is 1. The molecule has 0 aliphatic heterocycles. The summed E-state index contributed by atoms with van der Waals surface area (Å²) in [6, 6.07) is 18.7. The lowest BCUT2D eigenvalue weighted by molar-refractivity contribution is -0.384. The summed E-state index contributed by atoms with van der Waals surface area (Å²) in [4.78, 5) is 38.0. The number of nitrogens with one attached hydrogen (secondary N) is 1. The number of rotatable bonds is 6. The Kier molecular flexibility index (Phi) is 5.86. The highest BCUT2D eigenvalue weighted by Crippen LogP contribution is 2.23. The van der Waals surface area contributed by atoms with Gasteiger partial charge in [0.1, 0.15) is 6.54 Å². The number of non-ortho nitro benzene ring substituents is 1. The van der Waals surface area contributed by atoms with Crippen LogP contribution >= 0.6 is 0 Å². The molecule has 0 atom stereocenters. The highest BCUT2D eigenvalue weighted by atomic mass is 16.6. The van der Waals surface area contributed by atoms with E-state index in [1.165, 1.54) is 18.3 Å². The Hall–Kier alpha value is -4.53. The fourth-order valence-electron chi connectivity index (χ4n) is 3.77. The fourth-order valence-corrected chi connectivity index (χ4v) is 3.77. The van der Waals surface area contributed by atoms with Crippen molar-refractivity contribution in [1.82, 2.24) is 9.99 Å². The van der Waals surface area contributed by atoms with Gasteiger partial charge in [-0.3, -0.25) is 19.7 Å². The van der Waals surface area contributed by atoms with Crippen LogP contribution in [0, 0.1) is 10.1 Å². The molecule has 1 amide bonds. The lowest BCUT2D eigenvalue weighted by atomic mass is 10.1. The second-order valence-electron chi connectivity index (χ2n) is 7.64. The maximum Gasteiger partial charge on any atom is 0.270 e. The summed E-state index contributed by atoms with van der Waals surface area (Å²) in [5.41, 5.74) is 4.83. The standard InChI is InChI=1S/C24H21N5O4/c1-27(2)20-12-11-17(29(32)33)13-16(20)14-25-26-23(30)15-28-21-9-5-3-7-18(21)24(31)19-8-4-6-10-22(19)28/h3-14H,15H2,1-2H3,(H,26,30)/b25-14+. The van der Waals surface area contributed by atoms with E-state index in [1.807, 2.05) is 26.2 Å². The van der Waals surface area contributed by atoms with Crippen LogP contribution in [0.2, 0.25) is 0 Å². The van der Waals surface area contributed by atoms with Crippen molar-refractivity contribution in [2.24, 2.45) is 5.10 Å². The number of amides is 1. The van der Waals surface area contributed by atoms with E-state index in [-0.39, 0.29) is 17.7 Å². The van der Waals surface area contributed by atoms with Crippen molar-refractivity contribution in [3.05, 3.63) is 92.6 Å². The minimum Gasteiger partial charge on any atom is -0.377 e. The van der Waals surface area contributed by atoms with Crippen molar-refractivity contribution >= 4 is 45.3 Å². The zero-order valence-electron chi connectivity index (χ0n) is 18.1. The minimum atomic E-state index is -0.484. The summed E-state index contributed by atoms with van der Waals surface area (Å²) in [6.07, 6.45) is 1.38. The number of nitro benzene ring substituents is 1. The summed E-state index contributed by atoms with van der Waals surface area (Å²) in [5.74, 6) is -0.401. The molecule has 0 aliphatic rings. The van der Waals surface area contributed by atoms with Crippen molar-refractivity contribution in [2.45, 2.75) is 6.54 Å². The number of hydrogen-bond donors (Lipinski definition) is 1. The molecule has 1 N–H and O–H groups in total. The average Bonchev–Trinajstić information content (AvgIpc) is 2.81. The second-order valence-corrected chi connectivity index (χ2v) is 7.64. The topological polar surface area (TPSA) is 110 Å². The number of benzene rings is 3. The molecule has 4 rings (SSSR count). The van der Waals surface area contributed by atoms with Crippen molar-refractivity contribution in [3.8, 4) is 0 Å². The van der Waals surface area contributed by atoms with Crippen LogP contribution in [-0.4, -0.2) is 35.7 Å². The van der Waals surface area contributed by atoms with Gasteiger partial charge in [0.05, 0.1) is 22.2 Å². The first-order chi connectivity index (χ1) is 15.9. The van der Waals surface area contributed by atoms with Crippen LogP contribution in [0.15, 0.2) is 76.6 Å². The molecule has 0 saturated carbocycles. The molecular weight excluding hydrogens is 422 g/mol. The summed E-state index contributed by atoms with van der Waals surface area (Å²) >= 11 is 0. The summed E-state index contributed by atoms with van der Waals surface area (Å²) in [7, 11) is 3.62. The lowest BCUT2D eigenvalue weighted by Crippen LogP contribution is -2.25. The van der Waals surface area contributed by atoms with Crippen LogP contribution in [0.25, 0.3) is 21.8 Å². The number of carbonyl (C=O) groups excluding carboxylic acids is 1. The van der Waals surface area contributed by atoms with Crippen LogP contribution in [0.3, 0.4) is 0 Å². The van der Waals surface area contributed by atoms with Crippen LogP contribution < -0.4 is 15.8 Å². The normalized spacial score (nSPS) is 11.2. The van der Waals surface area contributed by atoms with Gasteiger partial charge in [0.15, 0.2) is 5.43 Å². The van der Waals surface area contributed by atoms with E-state index >= 15 is 0 Å². The van der Waals surface area contributed by atoms with Crippen molar-refractivity contribution in [3.63, 3.8) is 0 Å². The molecule has 0 fully saturated rings. The molecule has 1 heterocycles. The Morgan fingerprint density at radius 2 is 1.67 bits per heavy atom.